The van der Waals surface area contributed by atoms with Crippen LogP contribution in [-0.2, 0) is 0 Å². The van der Waals surface area contributed by atoms with Crippen molar-refractivity contribution in [3.63, 3.8) is 0 Å². The fraction of sp³-hybridized carbons (Fsp3) is 0.294. The average Bonchev–Trinajstić information content (AvgIpc) is 2.46. The molecule has 0 aromatic heterocycles. The van der Waals surface area contributed by atoms with Gasteiger partial charge in [-0.05, 0) is 37.6 Å². The average molecular weight is 306 g/mol. The Hall–Kier alpha value is -1.71. The number of nitrogens with two attached hydrogens (primary N) is 1. The smallest absolute Gasteiger partial charge is 0.137 e. The van der Waals surface area contributed by atoms with Gasteiger partial charge in [-0.2, -0.15) is 0 Å². The van der Waals surface area contributed by atoms with E-state index in [4.69, 9.17) is 26.8 Å². The van der Waals surface area contributed by atoms with Crippen LogP contribution < -0.4 is 15.2 Å². The van der Waals surface area contributed by atoms with Gasteiger partial charge in [0, 0.05) is 0 Å². The minimum absolute atomic E-state index is 0.322. The van der Waals surface area contributed by atoms with Gasteiger partial charge < -0.3 is 15.2 Å². The zero-order valence-electron chi connectivity index (χ0n) is 12.3. The largest absolute Gasteiger partial charge is 0.491 e. The standard InChI is InChI=1S/C17H20ClNO2/c1-13-7-3-5-9-15(13)20-11-17(2,19)12-21-16-10-6-4-8-14(16)18/h3-10H,11-12,19H2,1-2H3. The topological polar surface area (TPSA) is 44.5 Å². The van der Waals surface area contributed by atoms with Crippen LogP contribution in [0.15, 0.2) is 48.5 Å². The lowest BCUT2D eigenvalue weighted by Crippen LogP contribution is -2.47. The Morgan fingerprint density at radius 2 is 1.48 bits per heavy atom. The molecule has 0 aliphatic heterocycles. The molecule has 0 amide bonds. The lowest BCUT2D eigenvalue weighted by molar-refractivity contribution is 0.159. The minimum Gasteiger partial charge on any atom is -0.491 e. The van der Waals surface area contributed by atoms with E-state index in [-0.39, 0.29) is 0 Å². The number of rotatable bonds is 6. The van der Waals surface area contributed by atoms with Crippen LogP contribution in [0.5, 0.6) is 11.5 Å². The first-order chi connectivity index (χ1) is 9.98. The molecule has 0 aliphatic rings. The number of benzene rings is 2. The molecule has 0 aliphatic carbocycles. The molecular formula is C17H20ClNO2. The molecule has 2 aromatic rings. The van der Waals surface area contributed by atoms with Crippen LogP contribution in [0, 0.1) is 6.92 Å². The molecule has 0 bridgehead atoms. The van der Waals surface area contributed by atoms with Gasteiger partial charge in [0.05, 0.1) is 10.6 Å². The summed E-state index contributed by atoms with van der Waals surface area (Å²) >= 11 is 6.05. The Labute approximate surface area is 130 Å². The van der Waals surface area contributed by atoms with E-state index >= 15 is 0 Å². The summed E-state index contributed by atoms with van der Waals surface area (Å²) in [7, 11) is 0. The maximum Gasteiger partial charge on any atom is 0.137 e. The third-order valence-electron chi connectivity index (χ3n) is 3.05. The van der Waals surface area contributed by atoms with E-state index in [2.05, 4.69) is 0 Å². The van der Waals surface area contributed by atoms with E-state index in [9.17, 15) is 0 Å². The van der Waals surface area contributed by atoms with Crippen molar-refractivity contribution in [2.75, 3.05) is 13.2 Å². The molecule has 2 aromatic carbocycles. The second-order valence-electron chi connectivity index (χ2n) is 5.43. The zero-order valence-corrected chi connectivity index (χ0v) is 13.1. The summed E-state index contributed by atoms with van der Waals surface area (Å²) in [6.45, 7) is 4.58. The lowest BCUT2D eigenvalue weighted by atomic mass is 10.1. The second-order valence-corrected chi connectivity index (χ2v) is 5.83. The Kier molecular flexibility index (Phi) is 5.10. The molecule has 0 saturated carbocycles. The first-order valence-electron chi connectivity index (χ1n) is 6.83. The van der Waals surface area contributed by atoms with Crippen LogP contribution in [0.1, 0.15) is 12.5 Å². The van der Waals surface area contributed by atoms with Gasteiger partial charge in [-0.15, -0.1) is 0 Å². The first-order valence-corrected chi connectivity index (χ1v) is 7.20. The number of aryl methyl sites for hydroxylation is 1. The molecule has 0 saturated heterocycles. The number of halogens is 1. The van der Waals surface area contributed by atoms with E-state index < -0.39 is 5.54 Å². The molecule has 0 radical (unpaired) electrons. The van der Waals surface area contributed by atoms with Crippen LogP contribution in [0.2, 0.25) is 5.02 Å². The van der Waals surface area contributed by atoms with Crippen molar-refractivity contribution >= 4 is 11.6 Å². The summed E-state index contributed by atoms with van der Waals surface area (Å²) in [5, 5.41) is 0.577. The third kappa shape index (κ3) is 4.66. The molecule has 2 N–H and O–H groups in total. The van der Waals surface area contributed by atoms with E-state index in [1.54, 1.807) is 6.07 Å². The van der Waals surface area contributed by atoms with Crippen molar-refractivity contribution in [1.82, 2.24) is 0 Å². The lowest BCUT2D eigenvalue weighted by Gasteiger charge is -2.25. The summed E-state index contributed by atoms with van der Waals surface area (Å²) < 4.78 is 11.5. The maximum absolute atomic E-state index is 6.22. The molecule has 0 spiro atoms. The first kappa shape index (κ1) is 15.7. The van der Waals surface area contributed by atoms with Gasteiger partial charge in [-0.3, -0.25) is 0 Å². The Morgan fingerprint density at radius 1 is 0.952 bits per heavy atom. The molecule has 2 rings (SSSR count). The summed E-state index contributed by atoms with van der Waals surface area (Å²) in [6.07, 6.45) is 0. The molecule has 0 fully saturated rings. The van der Waals surface area contributed by atoms with Gasteiger partial charge in [0.2, 0.25) is 0 Å². The van der Waals surface area contributed by atoms with Crippen molar-refractivity contribution in [1.29, 1.82) is 0 Å². The van der Waals surface area contributed by atoms with Crippen molar-refractivity contribution < 1.29 is 9.47 Å². The highest BCUT2D eigenvalue weighted by Gasteiger charge is 2.21. The van der Waals surface area contributed by atoms with E-state index in [0.29, 0.717) is 24.0 Å². The SMILES string of the molecule is Cc1ccccc1OCC(C)(N)COc1ccccc1Cl. The Bertz CT molecular complexity index is 547. The van der Waals surface area contributed by atoms with Crippen LogP contribution in [0.3, 0.4) is 0 Å². The predicted molar refractivity (Wildman–Crippen MR) is 86.2 cm³/mol. The van der Waals surface area contributed by atoms with Crippen molar-refractivity contribution in [2.24, 2.45) is 5.73 Å². The summed E-state index contributed by atoms with van der Waals surface area (Å²) in [4.78, 5) is 0. The van der Waals surface area contributed by atoms with Crippen molar-refractivity contribution in [3.8, 4) is 11.5 Å². The quantitative estimate of drug-likeness (QED) is 0.882. The van der Waals surface area contributed by atoms with Gasteiger partial charge >= 0.3 is 0 Å². The molecule has 0 heterocycles. The highest BCUT2D eigenvalue weighted by Crippen LogP contribution is 2.24. The van der Waals surface area contributed by atoms with Gasteiger partial charge in [0.15, 0.2) is 0 Å². The molecule has 4 heteroatoms. The fourth-order valence-corrected chi connectivity index (χ4v) is 2.00. The number of ether oxygens (including phenoxy) is 2. The molecule has 1 unspecified atom stereocenters. The van der Waals surface area contributed by atoms with Gasteiger partial charge in [-0.25, -0.2) is 0 Å². The molecular weight excluding hydrogens is 286 g/mol. The van der Waals surface area contributed by atoms with E-state index in [1.165, 1.54) is 0 Å². The van der Waals surface area contributed by atoms with Crippen molar-refractivity contribution in [3.05, 3.63) is 59.1 Å². The van der Waals surface area contributed by atoms with E-state index in [1.807, 2.05) is 56.3 Å². The van der Waals surface area contributed by atoms with Crippen molar-refractivity contribution in [2.45, 2.75) is 19.4 Å². The summed E-state index contributed by atoms with van der Waals surface area (Å²) in [5.74, 6) is 1.47. The molecule has 3 nitrogen and oxygen atoms in total. The Morgan fingerprint density at radius 3 is 2.10 bits per heavy atom. The van der Waals surface area contributed by atoms with Gasteiger partial charge in [0.1, 0.15) is 24.7 Å². The number of para-hydroxylation sites is 2. The van der Waals surface area contributed by atoms with E-state index in [0.717, 1.165) is 11.3 Å². The second kappa shape index (κ2) is 6.83. The highest BCUT2D eigenvalue weighted by molar-refractivity contribution is 6.32. The third-order valence-corrected chi connectivity index (χ3v) is 3.36. The normalized spacial score (nSPS) is 13.5. The van der Waals surface area contributed by atoms with Crippen LogP contribution in [0.4, 0.5) is 0 Å². The van der Waals surface area contributed by atoms with Crippen LogP contribution in [-0.4, -0.2) is 18.8 Å². The summed E-state index contributed by atoms with van der Waals surface area (Å²) in [6, 6.07) is 15.2. The molecule has 1 atom stereocenters. The summed E-state index contributed by atoms with van der Waals surface area (Å²) in [5.41, 5.74) is 6.69. The zero-order chi connectivity index (χ0) is 15.3. The predicted octanol–water partition coefficient (Wildman–Crippen LogP) is 3.82. The van der Waals surface area contributed by atoms with Crippen LogP contribution >= 0.6 is 11.6 Å². The van der Waals surface area contributed by atoms with Gasteiger partial charge in [-0.1, -0.05) is 41.9 Å². The minimum atomic E-state index is -0.610. The van der Waals surface area contributed by atoms with Gasteiger partial charge in [0.25, 0.3) is 0 Å². The molecule has 21 heavy (non-hydrogen) atoms. The Balaban J connectivity index is 1.90. The number of hydrogen-bond acceptors (Lipinski definition) is 3. The monoisotopic (exact) mass is 305 g/mol. The maximum atomic E-state index is 6.22. The fourth-order valence-electron chi connectivity index (χ4n) is 1.81. The number of hydrogen-bond donors (Lipinski definition) is 1. The molecule has 112 valence electrons. The van der Waals surface area contributed by atoms with Crippen LogP contribution in [0.25, 0.3) is 0 Å². The highest BCUT2D eigenvalue weighted by atomic mass is 35.5.